The molecule has 0 radical (unpaired) electrons. The van der Waals surface area contributed by atoms with Crippen LogP contribution in [0.2, 0.25) is 0 Å². The summed E-state index contributed by atoms with van der Waals surface area (Å²) in [6.07, 6.45) is 0. The van der Waals surface area contributed by atoms with E-state index >= 15 is 0 Å². The van der Waals surface area contributed by atoms with Gasteiger partial charge >= 0.3 is 0 Å². The minimum atomic E-state index is 0.107. The van der Waals surface area contributed by atoms with E-state index in [0.717, 1.165) is 6.54 Å². The second-order valence-electron chi connectivity index (χ2n) is 2.59. The second-order valence-corrected chi connectivity index (χ2v) is 2.97. The molecule has 0 aliphatic rings. The van der Waals surface area contributed by atoms with Gasteiger partial charge in [0, 0.05) is 25.5 Å². The van der Waals surface area contributed by atoms with E-state index in [1.54, 1.807) is 0 Å². The molecule has 0 saturated heterocycles. The first-order chi connectivity index (χ1) is 6.35. The normalized spacial score (nSPS) is 11.1. The molecule has 0 heterocycles. The van der Waals surface area contributed by atoms with Gasteiger partial charge in [0.2, 0.25) is 0 Å². The molecule has 0 spiro atoms. The summed E-state index contributed by atoms with van der Waals surface area (Å²) in [6.45, 7) is 3.22. The monoisotopic (exact) mass is 211 g/mol. The number of halogens is 1. The SMILES string of the molecule is OCCN(CCO)CCOCCCl. The van der Waals surface area contributed by atoms with Gasteiger partial charge in [-0.3, -0.25) is 4.90 Å². The molecule has 0 atom stereocenters. The van der Waals surface area contributed by atoms with E-state index in [0.29, 0.717) is 32.2 Å². The molecule has 0 fully saturated rings. The third-order valence-corrected chi connectivity index (χ3v) is 1.76. The van der Waals surface area contributed by atoms with Crippen LogP contribution in [0.3, 0.4) is 0 Å². The van der Waals surface area contributed by atoms with Crippen LogP contribution in [0.5, 0.6) is 0 Å². The Bertz CT molecular complexity index is 99.4. The van der Waals surface area contributed by atoms with E-state index in [-0.39, 0.29) is 13.2 Å². The highest BCUT2D eigenvalue weighted by atomic mass is 35.5. The Morgan fingerprint density at radius 2 is 1.62 bits per heavy atom. The first kappa shape index (κ1) is 13.1. The van der Waals surface area contributed by atoms with E-state index < -0.39 is 0 Å². The molecular formula is C8H18ClNO3. The Labute approximate surface area is 84.1 Å². The fourth-order valence-corrected chi connectivity index (χ4v) is 1.08. The Hall–Kier alpha value is 0.130. The predicted molar refractivity (Wildman–Crippen MR) is 52.2 cm³/mol. The molecule has 0 aromatic rings. The smallest absolute Gasteiger partial charge is 0.0602 e. The lowest BCUT2D eigenvalue weighted by Gasteiger charge is -2.19. The third kappa shape index (κ3) is 8.46. The maximum absolute atomic E-state index is 8.68. The highest BCUT2D eigenvalue weighted by Crippen LogP contribution is 1.88. The van der Waals surface area contributed by atoms with Crippen molar-refractivity contribution in [1.29, 1.82) is 0 Å². The minimum Gasteiger partial charge on any atom is -0.395 e. The molecule has 0 aromatic heterocycles. The summed E-state index contributed by atoms with van der Waals surface area (Å²) in [4.78, 5) is 1.94. The molecule has 0 rings (SSSR count). The van der Waals surface area contributed by atoms with Gasteiger partial charge in [-0.15, -0.1) is 11.6 Å². The molecule has 0 aromatic carbocycles. The first-order valence-electron chi connectivity index (χ1n) is 4.43. The van der Waals surface area contributed by atoms with Gasteiger partial charge in [0.15, 0.2) is 0 Å². The van der Waals surface area contributed by atoms with Gasteiger partial charge in [-0.25, -0.2) is 0 Å². The first-order valence-corrected chi connectivity index (χ1v) is 4.96. The lowest BCUT2D eigenvalue weighted by atomic mass is 10.4. The molecule has 0 aliphatic heterocycles. The fraction of sp³-hybridized carbons (Fsp3) is 1.00. The number of hydrogen-bond donors (Lipinski definition) is 2. The summed E-state index contributed by atoms with van der Waals surface area (Å²) in [6, 6.07) is 0. The fourth-order valence-electron chi connectivity index (χ4n) is 0.969. The number of alkyl halides is 1. The molecule has 0 unspecified atom stereocenters. The molecule has 2 N–H and O–H groups in total. The van der Waals surface area contributed by atoms with Crippen molar-refractivity contribution in [1.82, 2.24) is 4.90 Å². The van der Waals surface area contributed by atoms with Crippen LogP contribution in [0.25, 0.3) is 0 Å². The lowest BCUT2D eigenvalue weighted by molar-refractivity contribution is 0.0947. The Kier molecular flexibility index (Phi) is 10.3. The van der Waals surface area contributed by atoms with Crippen molar-refractivity contribution < 1.29 is 14.9 Å². The maximum Gasteiger partial charge on any atom is 0.0602 e. The molecule has 0 aliphatic carbocycles. The van der Waals surface area contributed by atoms with Crippen molar-refractivity contribution >= 4 is 11.6 Å². The van der Waals surface area contributed by atoms with Gasteiger partial charge in [0.1, 0.15) is 0 Å². The summed E-state index contributed by atoms with van der Waals surface area (Å²) in [7, 11) is 0. The standard InChI is InChI=1S/C8H18ClNO3/c9-1-7-13-8-4-10(2-5-11)3-6-12/h11-12H,1-8H2. The van der Waals surface area contributed by atoms with Crippen molar-refractivity contribution in [3.8, 4) is 0 Å². The van der Waals surface area contributed by atoms with Crippen LogP contribution < -0.4 is 0 Å². The molecule has 4 nitrogen and oxygen atoms in total. The number of rotatable bonds is 9. The second kappa shape index (κ2) is 10.2. The van der Waals surface area contributed by atoms with Crippen LogP contribution in [0, 0.1) is 0 Å². The zero-order valence-corrected chi connectivity index (χ0v) is 8.54. The average molecular weight is 212 g/mol. The number of ether oxygens (including phenoxy) is 1. The van der Waals surface area contributed by atoms with E-state index in [2.05, 4.69) is 0 Å². The maximum atomic E-state index is 8.68. The van der Waals surface area contributed by atoms with Crippen LogP contribution in [0.1, 0.15) is 0 Å². The molecule has 13 heavy (non-hydrogen) atoms. The topological polar surface area (TPSA) is 52.9 Å². The van der Waals surface area contributed by atoms with E-state index in [1.165, 1.54) is 0 Å². The third-order valence-electron chi connectivity index (χ3n) is 1.61. The Morgan fingerprint density at radius 1 is 1.00 bits per heavy atom. The molecule has 5 heteroatoms. The number of aliphatic hydroxyl groups excluding tert-OH is 2. The zero-order chi connectivity index (χ0) is 9.94. The van der Waals surface area contributed by atoms with Gasteiger partial charge in [-0.05, 0) is 0 Å². The van der Waals surface area contributed by atoms with E-state index in [9.17, 15) is 0 Å². The van der Waals surface area contributed by atoms with Crippen LogP contribution in [-0.2, 0) is 4.74 Å². The quantitative estimate of drug-likeness (QED) is 0.400. The summed E-state index contributed by atoms with van der Waals surface area (Å²) >= 11 is 5.42. The lowest BCUT2D eigenvalue weighted by Crippen LogP contribution is -2.33. The van der Waals surface area contributed by atoms with Gasteiger partial charge in [0.05, 0.1) is 26.4 Å². The van der Waals surface area contributed by atoms with Crippen molar-refractivity contribution in [2.45, 2.75) is 0 Å². The molecule has 0 amide bonds. The predicted octanol–water partition coefficient (Wildman–Crippen LogP) is -0.472. The molecular weight excluding hydrogens is 194 g/mol. The summed E-state index contributed by atoms with van der Waals surface area (Å²) in [5.74, 6) is 0.500. The Balaban J connectivity index is 3.33. The van der Waals surface area contributed by atoms with Gasteiger partial charge in [0.25, 0.3) is 0 Å². The van der Waals surface area contributed by atoms with Gasteiger partial charge in [-0.1, -0.05) is 0 Å². The van der Waals surface area contributed by atoms with Crippen molar-refractivity contribution in [2.75, 3.05) is 51.9 Å². The summed E-state index contributed by atoms with van der Waals surface area (Å²) < 4.78 is 5.17. The van der Waals surface area contributed by atoms with Crippen molar-refractivity contribution in [2.24, 2.45) is 0 Å². The van der Waals surface area contributed by atoms with Crippen LogP contribution in [-0.4, -0.2) is 67.1 Å². The van der Waals surface area contributed by atoms with E-state index in [1.807, 2.05) is 4.90 Å². The zero-order valence-electron chi connectivity index (χ0n) is 7.78. The molecule has 0 bridgehead atoms. The molecule has 0 saturated carbocycles. The van der Waals surface area contributed by atoms with Crippen LogP contribution in [0.4, 0.5) is 0 Å². The number of hydrogen-bond acceptors (Lipinski definition) is 4. The summed E-state index contributed by atoms with van der Waals surface area (Å²) in [5, 5.41) is 17.4. The van der Waals surface area contributed by atoms with Crippen LogP contribution in [0.15, 0.2) is 0 Å². The number of aliphatic hydroxyl groups is 2. The Morgan fingerprint density at radius 3 is 2.08 bits per heavy atom. The average Bonchev–Trinajstić information content (AvgIpc) is 2.13. The van der Waals surface area contributed by atoms with Gasteiger partial charge in [-0.2, -0.15) is 0 Å². The van der Waals surface area contributed by atoms with Crippen LogP contribution >= 0.6 is 11.6 Å². The van der Waals surface area contributed by atoms with Crippen molar-refractivity contribution in [3.05, 3.63) is 0 Å². The molecule has 80 valence electrons. The highest BCUT2D eigenvalue weighted by Gasteiger charge is 2.02. The van der Waals surface area contributed by atoms with E-state index in [4.69, 9.17) is 26.6 Å². The largest absolute Gasteiger partial charge is 0.395 e. The minimum absolute atomic E-state index is 0.107. The highest BCUT2D eigenvalue weighted by molar-refractivity contribution is 6.17. The number of nitrogens with zero attached hydrogens (tertiary/aromatic N) is 1. The van der Waals surface area contributed by atoms with Crippen molar-refractivity contribution in [3.63, 3.8) is 0 Å². The summed E-state index contributed by atoms with van der Waals surface area (Å²) in [5.41, 5.74) is 0. The van der Waals surface area contributed by atoms with Gasteiger partial charge < -0.3 is 14.9 Å².